The van der Waals surface area contributed by atoms with Crippen molar-refractivity contribution >= 4 is 39.9 Å². The molecule has 0 bridgehead atoms. The molecule has 2 rings (SSSR count). The number of rotatable bonds is 4. The molecule has 0 saturated heterocycles. The Morgan fingerprint density at radius 1 is 1.16 bits per heavy atom. The zero-order valence-electron chi connectivity index (χ0n) is 9.84. The highest BCUT2D eigenvalue weighted by Gasteiger charge is 2.07. The first-order valence-electron chi connectivity index (χ1n) is 5.62. The van der Waals surface area contributed by atoms with E-state index in [0.717, 1.165) is 14.8 Å². The molecule has 0 aliphatic rings. The number of halogens is 4. The smallest absolute Gasteiger partial charge is 0.263 e. The Morgan fingerprint density at radius 2 is 1.95 bits per heavy atom. The minimum absolute atomic E-state index is 0.0352. The van der Waals surface area contributed by atoms with Crippen molar-refractivity contribution in [3.8, 4) is 0 Å². The van der Waals surface area contributed by atoms with Gasteiger partial charge in [0.05, 0.1) is 10.7 Å². The number of benzene rings is 2. The van der Waals surface area contributed by atoms with Gasteiger partial charge < -0.3 is 5.32 Å². The molecule has 0 fully saturated rings. The van der Waals surface area contributed by atoms with Crippen LogP contribution in [0.4, 0.5) is 14.5 Å². The van der Waals surface area contributed by atoms with Gasteiger partial charge in [-0.05, 0) is 52.4 Å². The normalized spacial score (nSPS) is 10.8. The van der Waals surface area contributed by atoms with Crippen LogP contribution >= 0.6 is 34.2 Å². The summed E-state index contributed by atoms with van der Waals surface area (Å²) in [7, 11) is 0. The average molecular weight is 394 g/mol. The number of anilines is 1. The van der Waals surface area contributed by atoms with Crippen molar-refractivity contribution in [3.63, 3.8) is 0 Å². The number of nitrogens with one attached hydrogen (secondary N) is 1. The first-order chi connectivity index (χ1) is 9.06. The van der Waals surface area contributed by atoms with Gasteiger partial charge in [-0.3, -0.25) is 0 Å². The lowest BCUT2D eigenvalue weighted by Crippen LogP contribution is -2.00. The molecule has 0 unspecified atom stereocenters. The van der Waals surface area contributed by atoms with Crippen LogP contribution in [0.15, 0.2) is 42.5 Å². The molecule has 19 heavy (non-hydrogen) atoms. The quantitative estimate of drug-likeness (QED) is 0.677. The summed E-state index contributed by atoms with van der Waals surface area (Å²) in [5.74, 6) is 0. The van der Waals surface area contributed by atoms with Crippen LogP contribution in [0.2, 0.25) is 5.02 Å². The van der Waals surface area contributed by atoms with Gasteiger partial charge in [0.1, 0.15) is 0 Å². The summed E-state index contributed by atoms with van der Waals surface area (Å²) < 4.78 is 26.2. The second kappa shape index (κ2) is 6.52. The van der Waals surface area contributed by atoms with E-state index >= 15 is 0 Å². The summed E-state index contributed by atoms with van der Waals surface area (Å²) in [5, 5.41) is 3.76. The molecule has 0 aromatic heterocycles. The lowest BCUT2D eigenvalue weighted by molar-refractivity contribution is 0.151. The molecule has 0 aliphatic heterocycles. The Kier molecular flexibility index (Phi) is 4.99. The zero-order chi connectivity index (χ0) is 13.8. The highest BCUT2D eigenvalue weighted by molar-refractivity contribution is 14.1. The van der Waals surface area contributed by atoms with Crippen LogP contribution in [0.5, 0.6) is 0 Å². The van der Waals surface area contributed by atoms with Gasteiger partial charge in [-0.25, -0.2) is 8.78 Å². The number of alkyl halides is 2. The van der Waals surface area contributed by atoms with Crippen LogP contribution in [0.25, 0.3) is 0 Å². The van der Waals surface area contributed by atoms with Crippen molar-refractivity contribution < 1.29 is 8.78 Å². The van der Waals surface area contributed by atoms with E-state index in [0.29, 0.717) is 11.6 Å². The molecule has 1 N–H and O–H groups in total. The molecule has 2 aromatic carbocycles. The van der Waals surface area contributed by atoms with Gasteiger partial charge in [-0.1, -0.05) is 29.8 Å². The molecule has 0 spiro atoms. The third-order valence-corrected chi connectivity index (χ3v) is 3.60. The summed E-state index contributed by atoms with van der Waals surface area (Å²) in [4.78, 5) is 0. The summed E-state index contributed by atoms with van der Waals surface area (Å²) in [6, 6.07) is 12.0. The molecule has 0 amide bonds. The summed E-state index contributed by atoms with van der Waals surface area (Å²) in [5.41, 5.74) is 1.63. The Hall–Kier alpha value is -0.880. The fourth-order valence-electron chi connectivity index (χ4n) is 1.67. The van der Waals surface area contributed by atoms with Crippen LogP contribution in [0, 0.1) is 3.57 Å². The second-order valence-corrected chi connectivity index (χ2v) is 5.68. The van der Waals surface area contributed by atoms with Crippen molar-refractivity contribution in [2.24, 2.45) is 0 Å². The molecule has 0 atom stereocenters. The maximum absolute atomic E-state index is 12.6. The van der Waals surface area contributed by atoms with Gasteiger partial charge in [0.25, 0.3) is 6.43 Å². The van der Waals surface area contributed by atoms with Crippen LogP contribution in [0.1, 0.15) is 17.6 Å². The van der Waals surface area contributed by atoms with E-state index in [9.17, 15) is 8.78 Å². The predicted molar refractivity (Wildman–Crippen MR) is 82.9 cm³/mol. The number of hydrogen-bond acceptors (Lipinski definition) is 1. The molecule has 0 radical (unpaired) electrons. The van der Waals surface area contributed by atoms with E-state index < -0.39 is 6.43 Å². The fraction of sp³-hybridized carbons (Fsp3) is 0.143. The minimum atomic E-state index is -2.44. The molecular weight excluding hydrogens is 383 g/mol. The van der Waals surface area contributed by atoms with Gasteiger partial charge in [0, 0.05) is 15.7 Å². The predicted octanol–water partition coefficient (Wildman–Crippen LogP) is 5.49. The van der Waals surface area contributed by atoms with E-state index in [2.05, 4.69) is 27.9 Å². The maximum atomic E-state index is 12.6. The van der Waals surface area contributed by atoms with Crippen molar-refractivity contribution in [1.82, 2.24) is 0 Å². The summed E-state index contributed by atoms with van der Waals surface area (Å²) >= 11 is 8.27. The SMILES string of the molecule is FC(F)c1cccc(CNc2ccc(I)cc2Cl)c1. The molecule has 0 aliphatic carbocycles. The second-order valence-electron chi connectivity index (χ2n) is 4.02. The van der Waals surface area contributed by atoms with Crippen LogP contribution in [0.3, 0.4) is 0 Å². The van der Waals surface area contributed by atoms with Gasteiger partial charge >= 0.3 is 0 Å². The molecule has 5 heteroatoms. The summed E-state index contributed by atoms with van der Waals surface area (Å²) in [6.45, 7) is 0.459. The van der Waals surface area contributed by atoms with Crippen molar-refractivity contribution in [2.75, 3.05) is 5.32 Å². The summed E-state index contributed by atoms with van der Waals surface area (Å²) in [6.07, 6.45) is -2.44. The third kappa shape index (κ3) is 4.04. The Balaban J connectivity index is 2.08. The van der Waals surface area contributed by atoms with Gasteiger partial charge in [0.2, 0.25) is 0 Å². The topological polar surface area (TPSA) is 12.0 Å². The van der Waals surface area contributed by atoms with Crippen LogP contribution < -0.4 is 5.32 Å². The largest absolute Gasteiger partial charge is 0.380 e. The third-order valence-electron chi connectivity index (χ3n) is 2.62. The van der Waals surface area contributed by atoms with E-state index in [1.807, 2.05) is 18.2 Å². The Bertz CT molecular complexity index is 575. The minimum Gasteiger partial charge on any atom is -0.380 e. The van der Waals surface area contributed by atoms with E-state index in [-0.39, 0.29) is 5.56 Å². The van der Waals surface area contributed by atoms with E-state index in [4.69, 9.17) is 11.6 Å². The van der Waals surface area contributed by atoms with E-state index in [1.165, 1.54) is 12.1 Å². The lowest BCUT2D eigenvalue weighted by atomic mass is 10.1. The molecule has 0 saturated carbocycles. The Morgan fingerprint density at radius 3 is 2.63 bits per heavy atom. The van der Waals surface area contributed by atoms with Crippen molar-refractivity contribution in [2.45, 2.75) is 13.0 Å². The number of hydrogen-bond donors (Lipinski definition) is 1. The highest BCUT2D eigenvalue weighted by Crippen LogP contribution is 2.25. The Labute approximate surface area is 129 Å². The first-order valence-corrected chi connectivity index (χ1v) is 7.08. The molecular formula is C14H11ClF2IN. The van der Waals surface area contributed by atoms with Crippen molar-refractivity contribution in [1.29, 1.82) is 0 Å². The average Bonchev–Trinajstić information content (AvgIpc) is 2.38. The van der Waals surface area contributed by atoms with Crippen molar-refractivity contribution in [3.05, 3.63) is 62.2 Å². The van der Waals surface area contributed by atoms with Gasteiger partial charge in [0.15, 0.2) is 0 Å². The van der Waals surface area contributed by atoms with Gasteiger partial charge in [-0.15, -0.1) is 0 Å². The molecule has 0 heterocycles. The molecule has 2 aromatic rings. The molecule has 100 valence electrons. The molecule has 1 nitrogen and oxygen atoms in total. The standard InChI is InChI=1S/C14H11ClF2IN/c15-12-7-11(18)4-5-13(12)19-8-9-2-1-3-10(6-9)14(16)17/h1-7,14,19H,8H2. The maximum Gasteiger partial charge on any atom is 0.263 e. The zero-order valence-corrected chi connectivity index (χ0v) is 12.8. The first kappa shape index (κ1) is 14.5. The van der Waals surface area contributed by atoms with E-state index in [1.54, 1.807) is 12.1 Å². The monoisotopic (exact) mass is 393 g/mol. The fourth-order valence-corrected chi connectivity index (χ4v) is 2.59. The van der Waals surface area contributed by atoms with Crippen LogP contribution in [-0.2, 0) is 6.54 Å². The lowest BCUT2D eigenvalue weighted by Gasteiger charge is -2.10. The van der Waals surface area contributed by atoms with Gasteiger partial charge in [-0.2, -0.15) is 0 Å². The highest BCUT2D eigenvalue weighted by atomic mass is 127. The van der Waals surface area contributed by atoms with Crippen LogP contribution in [-0.4, -0.2) is 0 Å².